The summed E-state index contributed by atoms with van der Waals surface area (Å²) in [5, 5.41) is 0. The Labute approximate surface area is 123 Å². The lowest BCUT2D eigenvalue weighted by molar-refractivity contribution is 0.621. The molecule has 0 aliphatic carbocycles. The van der Waals surface area contributed by atoms with Gasteiger partial charge in [-0.2, -0.15) is 0 Å². The van der Waals surface area contributed by atoms with Crippen LogP contribution in [0.25, 0.3) is 22.6 Å². The van der Waals surface area contributed by atoms with Gasteiger partial charge in [-0.3, -0.25) is 0 Å². The summed E-state index contributed by atoms with van der Waals surface area (Å²) >= 11 is 3.18. The third kappa shape index (κ3) is 2.27. The van der Waals surface area contributed by atoms with E-state index in [9.17, 15) is 4.39 Å². The van der Waals surface area contributed by atoms with Crippen LogP contribution in [-0.2, 0) is 0 Å². The van der Waals surface area contributed by atoms with Crippen molar-refractivity contribution in [1.29, 1.82) is 0 Å². The Morgan fingerprint density at radius 3 is 2.65 bits per heavy atom. The number of nitrogens with one attached hydrogen (secondary N) is 1. The van der Waals surface area contributed by atoms with Crippen LogP contribution < -0.4 is 4.90 Å². The van der Waals surface area contributed by atoms with Gasteiger partial charge in [-0.15, -0.1) is 0 Å². The second-order valence-corrected chi connectivity index (χ2v) is 5.50. The van der Waals surface area contributed by atoms with Crippen molar-refractivity contribution in [2.45, 2.75) is 0 Å². The van der Waals surface area contributed by atoms with E-state index in [-0.39, 0.29) is 5.82 Å². The van der Waals surface area contributed by atoms with Gasteiger partial charge in [0.25, 0.3) is 0 Å². The first-order valence-electron chi connectivity index (χ1n) is 6.04. The van der Waals surface area contributed by atoms with Crippen molar-refractivity contribution in [1.82, 2.24) is 15.0 Å². The number of nitrogens with zero attached hydrogens (tertiary/aromatic N) is 3. The van der Waals surface area contributed by atoms with Crippen LogP contribution in [-0.4, -0.2) is 29.0 Å². The van der Waals surface area contributed by atoms with Gasteiger partial charge in [0.1, 0.15) is 17.5 Å². The number of anilines is 1. The lowest BCUT2D eigenvalue weighted by atomic mass is 10.2. The molecule has 3 aromatic rings. The highest BCUT2D eigenvalue weighted by molar-refractivity contribution is 9.10. The maximum absolute atomic E-state index is 13.3. The van der Waals surface area contributed by atoms with Gasteiger partial charge in [0, 0.05) is 19.7 Å². The van der Waals surface area contributed by atoms with Crippen molar-refractivity contribution in [3.8, 4) is 11.4 Å². The largest absolute Gasteiger partial charge is 0.363 e. The summed E-state index contributed by atoms with van der Waals surface area (Å²) in [4.78, 5) is 14.0. The number of aromatic amines is 1. The van der Waals surface area contributed by atoms with Crippen LogP contribution in [0.3, 0.4) is 0 Å². The summed E-state index contributed by atoms with van der Waals surface area (Å²) in [6, 6.07) is 8.65. The molecule has 0 amide bonds. The summed E-state index contributed by atoms with van der Waals surface area (Å²) in [5.41, 5.74) is 2.31. The lowest BCUT2D eigenvalue weighted by Crippen LogP contribution is -2.10. The summed E-state index contributed by atoms with van der Waals surface area (Å²) in [6.45, 7) is 0. The summed E-state index contributed by atoms with van der Waals surface area (Å²) in [5.74, 6) is 1.22. The molecule has 2 aromatic heterocycles. The van der Waals surface area contributed by atoms with E-state index in [0.29, 0.717) is 15.9 Å². The zero-order valence-electron chi connectivity index (χ0n) is 11.0. The molecule has 0 bridgehead atoms. The number of rotatable bonds is 2. The molecular weight excluding hydrogens is 323 g/mol. The highest BCUT2D eigenvalue weighted by atomic mass is 79.9. The first-order valence-corrected chi connectivity index (χ1v) is 6.83. The average Bonchev–Trinajstić information content (AvgIpc) is 2.84. The standard InChI is InChI=1S/C14H12BrFN4/c1-20(2)12-6-5-11-14(18-12)19-13(17-11)8-3-4-10(16)9(15)7-8/h3-7H,1-2H3,(H,17,18,19). The van der Waals surface area contributed by atoms with E-state index in [2.05, 4.69) is 30.9 Å². The van der Waals surface area contributed by atoms with Gasteiger partial charge in [-0.25, -0.2) is 14.4 Å². The van der Waals surface area contributed by atoms with E-state index in [1.165, 1.54) is 6.07 Å². The molecule has 1 N–H and O–H groups in total. The zero-order valence-corrected chi connectivity index (χ0v) is 12.6. The van der Waals surface area contributed by atoms with Crippen molar-refractivity contribution in [2.24, 2.45) is 0 Å². The van der Waals surface area contributed by atoms with Gasteiger partial charge in [0.15, 0.2) is 5.65 Å². The number of pyridine rings is 1. The Morgan fingerprint density at radius 2 is 1.95 bits per heavy atom. The topological polar surface area (TPSA) is 44.8 Å². The second-order valence-electron chi connectivity index (χ2n) is 4.65. The number of hydrogen-bond acceptors (Lipinski definition) is 3. The molecule has 4 nitrogen and oxygen atoms in total. The van der Waals surface area contributed by atoms with Gasteiger partial charge in [0.2, 0.25) is 0 Å². The first kappa shape index (κ1) is 13.1. The third-order valence-corrected chi connectivity index (χ3v) is 3.59. The Bertz CT molecular complexity index is 782. The highest BCUT2D eigenvalue weighted by Gasteiger charge is 2.09. The molecule has 0 aliphatic heterocycles. The molecule has 1 aromatic carbocycles. The van der Waals surface area contributed by atoms with Crippen molar-refractivity contribution >= 4 is 32.9 Å². The van der Waals surface area contributed by atoms with Gasteiger partial charge >= 0.3 is 0 Å². The predicted octanol–water partition coefficient (Wildman–Crippen LogP) is 3.59. The molecule has 20 heavy (non-hydrogen) atoms. The Morgan fingerprint density at radius 1 is 1.15 bits per heavy atom. The molecule has 0 saturated heterocycles. The molecular formula is C14H12BrFN4. The maximum Gasteiger partial charge on any atom is 0.180 e. The van der Waals surface area contributed by atoms with Gasteiger partial charge < -0.3 is 9.88 Å². The fourth-order valence-electron chi connectivity index (χ4n) is 1.91. The predicted molar refractivity (Wildman–Crippen MR) is 81.3 cm³/mol. The minimum absolute atomic E-state index is 0.294. The molecule has 0 fully saturated rings. The number of halogens is 2. The number of imidazole rings is 1. The minimum atomic E-state index is -0.294. The van der Waals surface area contributed by atoms with E-state index in [4.69, 9.17) is 0 Å². The summed E-state index contributed by atoms with van der Waals surface area (Å²) < 4.78 is 13.7. The van der Waals surface area contributed by atoms with Crippen LogP contribution in [0.15, 0.2) is 34.8 Å². The highest BCUT2D eigenvalue weighted by Crippen LogP contribution is 2.25. The molecule has 0 spiro atoms. The molecule has 0 aliphatic rings. The number of aromatic nitrogens is 3. The molecule has 102 valence electrons. The Kier molecular flexibility index (Phi) is 3.17. The summed E-state index contributed by atoms with van der Waals surface area (Å²) in [6.07, 6.45) is 0. The van der Waals surface area contributed by atoms with Crippen LogP contribution in [0.4, 0.5) is 10.2 Å². The van der Waals surface area contributed by atoms with E-state index >= 15 is 0 Å². The van der Waals surface area contributed by atoms with E-state index in [1.807, 2.05) is 31.1 Å². The van der Waals surface area contributed by atoms with Crippen molar-refractivity contribution < 1.29 is 4.39 Å². The van der Waals surface area contributed by atoms with Gasteiger partial charge in [-0.05, 0) is 46.3 Å². The fraction of sp³-hybridized carbons (Fsp3) is 0.143. The number of fused-ring (bicyclic) bond motifs is 1. The zero-order chi connectivity index (χ0) is 14.3. The molecule has 6 heteroatoms. The SMILES string of the molecule is CN(C)c1ccc2[nH]c(-c3ccc(F)c(Br)c3)nc2n1. The van der Waals surface area contributed by atoms with Crippen LogP contribution in [0.2, 0.25) is 0 Å². The molecule has 0 saturated carbocycles. The quantitative estimate of drug-likeness (QED) is 0.778. The minimum Gasteiger partial charge on any atom is -0.363 e. The van der Waals surface area contributed by atoms with E-state index in [0.717, 1.165) is 16.9 Å². The monoisotopic (exact) mass is 334 g/mol. The Hall–Kier alpha value is -1.95. The van der Waals surface area contributed by atoms with E-state index in [1.54, 1.807) is 12.1 Å². The maximum atomic E-state index is 13.3. The lowest BCUT2D eigenvalue weighted by Gasteiger charge is -2.09. The number of benzene rings is 1. The molecule has 0 atom stereocenters. The van der Waals surface area contributed by atoms with Crippen molar-refractivity contribution in [3.63, 3.8) is 0 Å². The van der Waals surface area contributed by atoms with Crippen LogP contribution >= 0.6 is 15.9 Å². The first-order chi connectivity index (χ1) is 9.54. The second kappa shape index (κ2) is 4.86. The van der Waals surface area contributed by atoms with E-state index < -0.39 is 0 Å². The fourth-order valence-corrected chi connectivity index (χ4v) is 2.29. The van der Waals surface area contributed by atoms with Crippen LogP contribution in [0, 0.1) is 5.82 Å². The third-order valence-electron chi connectivity index (χ3n) is 2.98. The molecule has 3 rings (SSSR count). The van der Waals surface area contributed by atoms with Crippen molar-refractivity contribution in [3.05, 3.63) is 40.6 Å². The Balaban J connectivity index is 2.10. The van der Waals surface area contributed by atoms with Crippen LogP contribution in [0.5, 0.6) is 0 Å². The average molecular weight is 335 g/mol. The normalized spacial score (nSPS) is 11.0. The van der Waals surface area contributed by atoms with Gasteiger partial charge in [0.05, 0.1) is 9.99 Å². The smallest absolute Gasteiger partial charge is 0.180 e. The van der Waals surface area contributed by atoms with Gasteiger partial charge in [-0.1, -0.05) is 0 Å². The molecule has 2 heterocycles. The molecule has 0 unspecified atom stereocenters. The van der Waals surface area contributed by atoms with Crippen molar-refractivity contribution in [2.75, 3.05) is 19.0 Å². The number of hydrogen-bond donors (Lipinski definition) is 1. The van der Waals surface area contributed by atoms with Crippen LogP contribution in [0.1, 0.15) is 0 Å². The molecule has 0 radical (unpaired) electrons. The summed E-state index contributed by atoms with van der Waals surface area (Å²) in [7, 11) is 3.86. The number of H-pyrrole nitrogens is 1.